The van der Waals surface area contributed by atoms with Gasteiger partial charge in [0.15, 0.2) is 0 Å². The van der Waals surface area contributed by atoms with Gasteiger partial charge in [-0.3, -0.25) is 0 Å². The minimum absolute atomic E-state index is 0.529. The third kappa shape index (κ3) is 2.36. The Bertz CT molecular complexity index is 90.7. The summed E-state index contributed by atoms with van der Waals surface area (Å²) in [5.74, 6) is 1.50. The molecule has 1 aliphatic carbocycles. The summed E-state index contributed by atoms with van der Waals surface area (Å²) in [4.78, 5) is 0. The average Bonchev–Trinajstić information content (AvgIpc) is 2.31. The van der Waals surface area contributed by atoms with Crippen LogP contribution in [0.5, 0.6) is 0 Å². The van der Waals surface area contributed by atoms with E-state index in [1.54, 1.807) is 0 Å². The van der Waals surface area contributed by atoms with Gasteiger partial charge >= 0.3 is 0 Å². The smallest absolute Gasteiger partial charge is 0.0699 e. The molecule has 0 aromatic rings. The van der Waals surface area contributed by atoms with Gasteiger partial charge in [0.2, 0.25) is 0 Å². The molecule has 2 unspecified atom stereocenters. The fraction of sp³-hybridized carbons (Fsp3) is 1.00. The zero-order valence-corrected chi connectivity index (χ0v) is 6.97. The van der Waals surface area contributed by atoms with Gasteiger partial charge in [0.1, 0.15) is 0 Å². The van der Waals surface area contributed by atoms with Crippen molar-refractivity contribution in [2.24, 2.45) is 5.92 Å². The standard InChI is InChI=1S/C9H17B/c1-2-3-4-8-5-6-9(10)7-8/h8-9H,2-7H2,1H3. The van der Waals surface area contributed by atoms with Crippen LogP contribution in [0, 0.1) is 5.92 Å². The highest BCUT2D eigenvalue weighted by Crippen LogP contribution is 2.35. The lowest BCUT2D eigenvalue weighted by Gasteiger charge is -2.06. The Morgan fingerprint density at radius 3 is 2.70 bits per heavy atom. The Morgan fingerprint density at radius 2 is 2.20 bits per heavy atom. The molecule has 2 radical (unpaired) electrons. The second-order valence-corrected chi connectivity index (χ2v) is 3.58. The second-order valence-electron chi connectivity index (χ2n) is 3.58. The van der Waals surface area contributed by atoms with Gasteiger partial charge in [0.25, 0.3) is 0 Å². The van der Waals surface area contributed by atoms with Crippen LogP contribution in [0.3, 0.4) is 0 Å². The van der Waals surface area contributed by atoms with Crippen molar-refractivity contribution in [1.82, 2.24) is 0 Å². The van der Waals surface area contributed by atoms with Gasteiger partial charge in [-0.1, -0.05) is 51.3 Å². The highest BCUT2D eigenvalue weighted by atomic mass is 14.2. The highest BCUT2D eigenvalue weighted by Gasteiger charge is 2.19. The molecule has 2 atom stereocenters. The Morgan fingerprint density at radius 1 is 1.40 bits per heavy atom. The molecule has 0 heterocycles. The van der Waals surface area contributed by atoms with Crippen LogP contribution < -0.4 is 0 Å². The fourth-order valence-corrected chi connectivity index (χ4v) is 1.87. The van der Waals surface area contributed by atoms with Crippen molar-refractivity contribution in [1.29, 1.82) is 0 Å². The highest BCUT2D eigenvalue weighted by molar-refractivity contribution is 6.11. The predicted molar refractivity (Wildman–Crippen MR) is 46.4 cm³/mol. The number of unbranched alkanes of at least 4 members (excludes halogenated alkanes) is 1. The molecule has 0 aromatic heterocycles. The van der Waals surface area contributed by atoms with Crippen molar-refractivity contribution in [2.75, 3.05) is 0 Å². The molecule has 0 nitrogen and oxygen atoms in total. The molecule has 1 fully saturated rings. The van der Waals surface area contributed by atoms with E-state index in [0.717, 1.165) is 5.92 Å². The summed E-state index contributed by atoms with van der Waals surface area (Å²) < 4.78 is 0. The molecule has 0 spiro atoms. The Kier molecular flexibility index (Phi) is 3.31. The van der Waals surface area contributed by atoms with Crippen LogP contribution in [0.15, 0.2) is 0 Å². The zero-order valence-electron chi connectivity index (χ0n) is 6.97. The molecule has 0 aliphatic heterocycles. The van der Waals surface area contributed by atoms with E-state index in [2.05, 4.69) is 6.92 Å². The molecule has 56 valence electrons. The van der Waals surface area contributed by atoms with E-state index in [9.17, 15) is 0 Å². The van der Waals surface area contributed by atoms with Crippen molar-refractivity contribution in [3.63, 3.8) is 0 Å². The number of rotatable bonds is 3. The molecular weight excluding hydrogens is 119 g/mol. The first-order chi connectivity index (χ1) is 4.83. The van der Waals surface area contributed by atoms with Crippen LogP contribution in [0.1, 0.15) is 45.4 Å². The normalized spacial score (nSPS) is 32.9. The summed E-state index contributed by atoms with van der Waals surface area (Å²) in [6.07, 6.45) is 8.11. The maximum absolute atomic E-state index is 5.80. The van der Waals surface area contributed by atoms with Gasteiger partial charge in [0.05, 0.1) is 7.85 Å². The van der Waals surface area contributed by atoms with E-state index in [-0.39, 0.29) is 0 Å². The van der Waals surface area contributed by atoms with E-state index in [0.29, 0.717) is 5.82 Å². The summed E-state index contributed by atoms with van der Waals surface area (Å²) in [6.45, 7) is 2.26. The maximum Gasteiger partial charge on any atom is 0.0699 e. The Hall–Kier alpha value is 0.0649. The van der Waals surface area contributed by atoms with E-state index >= 15 is 0 Å². The molecule has 0 aromatic carbocycles. The molecule has 0 amide bonds. The predicted octanol–water partition coefficient (Wildman–Crippen LogP) is 2.93. The van der Waals surface area contributed by atoms with Gasteiger partial charge in [-0.05, 0) is 5.92 Å². The molecular formula is C9H17B. The first-order valence-corrected chi connectivity index (χ1v) is 4.58. The van der Waals surface area contributed by atoms with Crippen molar-refractivity contribution in [3.8, 4) is 0 Å². The van der Waals surface area contributed by atoms with Crippen LogP contribution in [0.25, 0.3) is 0 Å². The molecule has 1 heteroatoms. The molecule has 0 bridgehead atoms. The lowest BCUT2D eigenvalue weighted by molar-refractivity contribution is 0.480. The van der Waals surface area contributed by atoms with Crippen molar-refractivity contribution >= 4 is 7.85 Å². The van der Waals surface area contributed by atoms with Crippen molar-refractivity contribution < 1.29 is 0 Å². The van der Waals surface area contributed by atoms with Crippen LogP contribution in [-0.4, -0.2) is 7.85 Å². The minimum atomic E-state index is 0.529. The van der Waals surface area contributed by atoms with Crippen LogP contribution in [0.4, 0.5) is 0 Å². The third-order valence-corrected chi connectivity index (χ3v) is 2.55. The van der Waals surface area contributed by atoms with Gasteiger partial charge in [-0.2, -0.15) is 0 Å². The summed E-state index contributed by atoms with van der Waals surface area (Å²) in [5.41, 5.74) is 0. The van der Waals surface area contributed by atoms with Crippen molar-refractivity contribution in [2.45, 2.75) is 51.3 Å². The number of hydrogen-bond donors (Lipinski definition) is 0. The molecule has 1 saturated carbocycles. The van der Waals surface area contributed by atoms with Gasteiger partial charge < -0.3 is 0 Å². The number of hydrogen-bond acceptors (Lipinski definition) is 0. The monoisotopic (exact) mass is 136 g/mol. The summed E-state index contributed by atoms with van der Waals surface area (Å²) in [5, 5.41) is 0. The molecule has 1 aliphatic rings. The van der Waals surface area contributed by atoms with E-state index in [4.69, 9.17) is 7.85 Å². The fourth-order valence-electron chi connectivity index (χ4n) is 1.87. The lowest BCUT2D eigenvalue weighted by Crippen LogP contribution is -1.92. The first-order valence-electron chi connectivity index (χ1n) is 4.58. The molecule has 0 N–H and O–H groups in total. The maximum atomic E-state index is 5.80. The third-order valence-electron chi connectivity index (χ3n) is 2.55. The molecule has 0 saturated heterocycles. The largest absolute Gasteiger partial charge is 0.0771 e. The molecule has 10 heavy (non-hydrogen) atoms. The van der Waals surface area contributed by atoms with E-state index < -0.39 is 0 Å². The summed E-state index contributed by atoms with van der Waals surface area (Å²) in [6, 6.07) is 0. The van der Waals surface area contributed by atoms with E-state index in [1.807, 2.05) is 0 Å². The minimum Gasteiger partial charge on any atom is -0.0771 e. The van der Waals surface area contributed by atoms with Gasteiger partial charge in [0, 0.05) is 0 Å². The molecule has 1 rings (SSSR count). The van der Waals surface area contributed by atoms with Crippen molar-refractivity contribution in [3.05, 3.63) is 0 Å². The van der Waals surface area contributed by atoms with Gasteiger partial charge in [-0.25, -0.2) is 0 Å². The quantitative estimate of drug-likeness (QED) is 0.523. The Balaban J connectivity index is 2.06. The lowest BCUT2D eigenvalue weighted by atomic mass is 9.85. The second kappa shape index (κ2) is 4.05. The Labute approximate surface area is 65.8 Å². The first kappa shape index (κ1) is 8.16. The topological polar surface area (TPSA) is 0 Å². The van der Waals surface area contributed by atoms with Gasteiger partial charge in [-0.15, -0.1) is 0 Å². The van der Waals surface area contributed by atoms with E-state index in [1.165, 1.54) is 38.5 Å². The van der Waals surface area contributed by atoms with Crippen LogP contribution in [0.2, 0.25) is 5.82 Å². The van der Waals surface area contributed by atoms with Crippen LogP contribution >= 0.6 is 0 Å². The summed E-state index contributed by atoms with van der Waals surface area (Å²) in [7, 11) is 5.80. The van der Waals surface area contributed by atoms with Crippen LogP contribution in [-0.2, 0) is 0 Å². The summed E-state index contributed by atoms with van der Waals surface area (Å²) >= 11 is 0. The zero-order chi connectivity index (χ0) is 7.40. The average molecular weight is 136 g/mol. The SMILES string of the molecule is [B]C1CCC(CCCC)C1.